The Morgan fingerprint density at radius 2 is 1.95 bits per heavy atom. The molecule has 0 saturated heterocycles. The Hall–Kier alpha value is -1.80. The minimum Gasteiger partial charge on any atom is -0.497 e. The van der Waals surface area contributed by atoms with Crippen molar-refractivity contribution in [1.29, 1.82) is 0 Å². The van der Waals surface area contributed by atoms with Gasteiger partial charge >= 0.3 is 0 Å². The van der Waals surface area contributed by atoms with Crippen molar-refractivity contribution in [1.82, 2.24) is 0 Å². The van der Waals surface area contributed by atoms with Gasteiger partial charge in [0.1, 0.15) is 11.9 Å². The van der Waals surface area contributed by atoms with Gasteiger partial charge in [-0.15, -0.1) is 0 Å². The van der Waals surface area contributed by atoms with Gasteiger partial charge in [0.15, 0.2) is 0 Å². The molecule has 0 radical (unpaired) electrons. The molecule has 0 N–H and O–H groups in total. The van der Waals surface area contributed by atoms with Gasteiger partial charge < -0.3 is 9.47 Å². The van der Waals surface area contributed by atoms with Gasteiger partial charge in [-0.05, 0) is 47.7 Å². The molecule has 0 aromatic heterocycles. The number of rotatable bonds is 2. The van der Waals surface area contributed by atoms with E-state index in [2.05, 4.69) is 43.3 Å². The van der Waals surface area contributed by atoms with E-state index in [1.165, 1.54) is 22.3 Å². The second-order valence-electron chi connectivity index (χ2n) is 4.92. The maximum absolute atomic E-state index is 6.00. The van der Waals surface area contributed by atoms with Gasteiger partial charge in [0.05, 0.1) is 13.7 Å². The average Bonchev–Trinajstić information content (AvgIpc) is 2.46. The lowest BCUT2D eigenvalue weighted by atomic mass is 9.91. The van der Waals surface area contributed by atoms with Crippen LogP contribution < -0.4 is 4.74 Å². The zero-order valence-electron chi connectivity index (χ0n) is 11.3. The Morgan fingerprint density at radius 1 is 1.11 bits per heavy atom. The van der Waals surface area contributed by atoms with Crippen molar-refractivity contribution >= 4 is 0 Å². The van der Waals surface area contributed by atoms with E-state index in [-0.39, 0.29) is 6.10 Å². The number of ether oxygens (including phenoxy) is 2. The molecule has 2 aromatic rings. The van der Waals surface area contributed by atoms with Crippen LogP contribution in [0, 0.1) is 6.92 Å². The van der Waals surface area contributed by atoms with Crippen LogP contribution in [0.4, 0.5) is 0 Å². The van der Waals surface area contributed by atoms with E-state index < -0.39 is 0 Å². The lowest BCUT2D eigenvalue weighted by Crippen LogP contribution is -2.17. The molecule has 1 unspecified atom stereocenters. The largest absolute Gasteiger partial charge is 0.497 e. The number of methoxy groups -OCH3 is 1. The summed E-state index contributed by atoms with van der Waals surface area (Å²) in [5.41, 5.74) is 5.13. The third-order valence-electron chi connectivity index (χ3n) is 3.75. The second kappa shape index (κ2) is 5.06. The summed E-state index contributed by atoms with van der Waals surface area (Å²) in [5, 5.41) is 0. The minimum atomic E-state index is 0.0517. The third-order valence-corrected chi connectivity index (χ3v) is 3.75. The third kappa shape index (κ3) is 2.24. The minimum absolute atomic E-state index is 0.0517. The van der Waals surface area contributed by atoms with Crippen LogP contribution in [0.15, 0.2) is 42.5 Å². The molecular formula is C17H18O2. The number of hydrogen-bond acceptors (Lipinski definition) is 2. The Morgan fingerprint density at radius 3 is 2.74 bits per heavy atom. The van der Waals surface area contributed by atoms with Crippen LogP contribution in [0.3, 0.4) is 0 Å². The van der Waals surface area contributed by atoms with Gasteiger partial charge in [-0.2, -0.15) is 0 Å². The smallest absolute Gasteiger partial charge is 0.119 e. The van der Waals surface area contributed by atoms with Crippen molar-refractivity contribution in [2.45, 2.75) is 19.4 Å². The van der Waals surface area contributed by atoms with Gasteiger partial charge in [0.2, 0.25) is 0 Å². The Bertz CT molecular complexity index is 590. The Labute approximate surface area is 114 Å². The lowest BCUT2D eigenvalue weighted by Gasteiger charge is -2.27. The number of aryl methyl sites for hydroxylation is 1. The molecule has 2 heteroatoms. The van der Waals surface area contributed by atoms with E-state index in [9.17, 15) is 0 Å². The molecule has 1 atom stereocenters. The Kier molecular flexibility index (Phi) is 3.26. The summed E-state index contributed by atoms with van der Waals surface area (Å²) in [6, 6.07) is 14.7. The van der Waals surface area contributed by atoms with Gasteiger partial charge in [-0.1, -0.05) is 30.3 Å². The van der Waals surface area contributed by atoms with E-state index in [0.717, 1.165) is 18.8 Å². The highest BCUT2D eigenvalue weighted by Crippen LogP contribution is 2.35. The zero-order valence-corrected chi connectivity index (χ0v) is 11.3. The summed E-state index contributed by atoms with van der Waals surface area (Å²) in [6.45, 7) is 2.89. The molecule has 0 spiro atoms. The second-order valence-corrected chi connectivity index (χ2v) is 4.92. The normalized spacial score (nSPS) is 17.9. The van der Waals surface area contributed by atoms with Crippen LogP contribution in [0.1, 0.15) is 28.4 Å². The van der Waals surface area contributed by atoms with Crippen LogP contribution >= 0.6 is 0 Å². The molecule has 19 heavy (non-hydrogen) atoms. The summed E-state index contributed by atoms with van der Waals surface area (Å²) in [5.74, 6) is 0.894. The summed E-state index contributed by atoms with van der Waals surface area (Å²) in [6.07, 6.45) is 1.05. The van der Waals surface area contributed by atoms with E-state index in [1.54, 1.807) is 7.11 Å². The SMILES string of the molecule is COc1ccc(C2OCCc3ccccc32)c(C)c1. The summed E-state index contributed by atoms with van der Waals surface area (Å²) in [7, 11) is 1.70. The topological polar surface area (TPSA) is 18.5 Å². The van der Waals surface area contributed by atoms with E-state index in [4.69, 9.17) is 9.47 Å². The molecule has 0 saturated carbocycles. The number of fused-ring (bicyclic) bond motifs is 1. The molecule has 2 nitrogen and oxygen atoms in total. The monoisotopic (exact) mass is 254 g/mol. The van der Waals surface area contributed by atoms with Gasteiger partial charge in [0.25, 0.3) is 0 Å². The molecule has 0 fully saturated rings. The fraction of sp³-hybridized carbons (Fsp3) is 0.294. The van der Waals surface area contributed by atoms with Crippen LogP contribution in [-0.2, 0) is 11.2 Å². The molecule has 1 heterocycles. The standard InChI is InChI=1S/C17H18O2/c1-12-11-14(18-2)7-8-15(12)17-16-6-4-3-5-13(16)9-10-19-17/h3-8,11,17H,9-10H2,1-2H3. The van der Waals surface area contributed by atoms with Crippen molar-refractivity contribution in [2.24, 2.45) is 0 Å². The van der Waals surface area contributed by atoms with Crippen molar-refractivity contribution in [3.8, 4) is 5.75 Å². The van der Waals surface area contributed by atoms with E-state index in [1.807, 2.05) is 6.07 Å². The maximum atomic E-state index is 6.00. The van der Waals surface area contributed by atoms with Gasteiger partial charge in [-0.3, -0.25) is 0 Å². The predicted molar refractivity (Wildman–Crippen MR) is 75.7 cm³/mol. The van der Waals surface area contributed by atoms with Gasteiger partial charge in [-0.25, -0.2) is 0 Å². The van der Waals surface area contributed by atoms with Crippen LogP contribution in [0.5, 0.6) is 5.75 Å². The molecule has 0 aliphatic carbocycles. The Balaban J connectivity index is 2.04. The molecule has 1 aliphatic rings. The quantitative estimate of drug-likeness (QED) is 0.814. The fourth-order valence-corrected chi connectivity index (χ4v) is 2.72. The first-order chi connectivity index (χ1) is 9.29. The molecular weight excluding hydrogens is 236 g/mol. The first kappa shape index (κ1) is 12.2. The lowest BCUT2D eigenvalue weighted by molar-refractivity contribution is 0.0694. The van der Waals surface area contributed by atoms with Crippen molar-refractivity contribution in [3.05, 3.63) is 64.7 Å². The van der Waals surface area contributed by atoms with Crippen molar-refractivity contribution in [2.75, 3.05) is 13.7 Å². The first-order valence-corrected chi connectivity index (χ1v) is 6.63. The van der Waals surface area contributed by atoms with Gasteiger partial charge in [0, 0.05) is 0 Å². The maximum Gasteiger partial charge on any atom is 0.119 e. The number of hydrogen-bond donors (Lipinski definition) is 0. The average molecular weight is 254 g/mol. The molecule has 0 bridgehead atoms. The summed E-state index contributed by atoms with van der Waals surface area (Å²) >= 11 is 0. The predicted octanol–water partition coefficient (Wildman–Crippen LogP) is 3.67. The molecule has 1 aliphatic heterocycles. The summed E-state index contributed by atoms with van der Waals surface area (Å²) < 4.78 is 11.3. The molecule has 0 amide bonds. The van der Waals surface area contributed by atoms with Crippen LogP contribution in [0.2, 0.25) is 0 Å². The van der Waals surface area contributed by atoms with Crippen LogP contribution in [0.25, 0.3) is 0 Å². The highest BCUT2D eigenvalue weighted by molar-refractivity contribution is 5.43. The van der Waals surface area contributed by atoms with Crippen molar-refractivity contribution in [3.63, 3.8) is 0 Å². The fourth-order valence-electron chi connectivity index (χ4n) is 2.72. The van der Waals surface area contributed by atoms with E-state index >= 15 is 0 Å². The number of benzene rings is 2. The highest BCUT2D eigenvalue weighted by Gasteiger charge is 2.23. The first-order valence-electron chi connectivity index (χ1n) is 6.63. The molecule has 2 aromatic carbocycles. The van der Waals surface area contributed by atoms with Crippen molar-refractivity contribution < 1.29 is 9.47 Å². The summed E-state index contributed by atoms with van der Waals surface area (Å²) in [4.78, 5) is 0. The van der Waals surface area contributed by atoms with Crippen LogP contribution in [-0.4, -0.2) is 13.7 Å². The zero-order chi connectivity index (χ0) is 13.2. The van der Waals surface area contributed by atoms with E-state index in [0.29, 0.717) is 0 Å². The molecule has 3 rings (SSSR count). The highest BCUT2D eigenvalue weighted by atomic mass is 16.5. The molecule has 98 valence electrons.